The minimum atomic E-state index is -1.17. The van der Waals surface area contributed by atoms with Crippen LogP contribution in [-0.4, -0.2) is 60.8 Å². The van der Waals surface area contributed by atoms with Gasteiger partial charge in [-0.2, -0.15) is 0 Å². The second-order valence-corrected chi connectivity index (χ2v) is 6.55. The molecule has 0 aliphatic heterocycles. The van der Waals surface area contributed by atoms with E-state index in [0.29, 0.717) is 0 Å². The van der Waals surface area contributed by atoms with E-state index in [-0.39, 0.29) is 36.9 Å². The number of carbonyl (C=O) groups is 3. The highest BCUT2D eigenvalue weighted by Gasteiger charge is 2.29. The Morgan fingerprint density at radius 3 is 1.73 bits per heavy atom. The van der Waals surface area contributed by atoms with Crippen LogP contribution in [0, 0.1) is 0 Å². The number of nitrogens with two attached hydrogens (primary N) is 1. The zero-order valence-electron chi connectivity index (χ0n) is 15.9. The largest absolute Gasteiger partial charge is 0.504 e. The van der Waals surface area contributed by atoms with Crippen LogP contribution in [0.3, 0.4) is 0 Å². The lowest BCUT2D eigenvalue weighted by Crippen LogP contribution is -2.38. The van der Waals surface area contributed by atoms with Crippen LogP contribution < -0.4 is 5.73 Å². The third kappa shape index (κ3) is 4.97. The lowest BCUT2D eigenvalue weighted by Gasteiger charge is -2.22. The van der Waals surface area contributed by atoms with Crippen LogP contribution in [0.4, 0.5) is 0 Å². The lowest BCUT2D eigenvalue weighted by atomic mass is 10.1. The average molecular weight is 418 g/mol. The molecular formula is C20H22N2O8. The summed E-state index contributed by atoms with van der Waals surface area (Å²) >= 11 is 0. The molecule has 0 saturated carbocycles. The molecule has 2 aromatic carbocycles. The molecule has 0 aromatic heterocycles. The third-order valence-electron chi connectivity index (χ3n) is 4.44. The molecular weight excluding hydrogens is 396 g/mol. The molecule has 30 heavy (non-hydrogen) atoms. The van der Waals surface area contributed by atoms with Gasteiger partial charge in [0.05, 0.1) is 11.1 Å². The molecule has 2 amide bonds. The predicted octanol–water partition coefficient (Wildman–Crippen LogP) is 1.37. The maximum atomic E-state index is 12.9. The number of phenols is 4. The Balaban J connectivity index is 2.31. The summed E-state index contributed by atoms with van der Waals surface area (Å²) in [4.78, 5) is 37.4. The number of carboxylic acid groups (broad SMARTS) is 1. The number of carboxylic acids is 1. The number of benzene rings is 2. The number of imide groups is 1. The van der Waals surface area contributed by atoms with Crippen molar-refractivity contribution in [1.29, 1.82) is 0 Å². The topological polar surface area (TPSA) is 182 Å². The van der Waals surface area contributed by atoms with Crippen molar-refractivity contribution in [1.82, 2.24) is 4.90 Å². The smallest absolute Gasteiger partial charge is 0.320 e. The molecule has 0 spiro atoms. The summed E-state index contributed by atoms with van der Waals surface area (Å²) in [6.07, 6.45) is 0.584. The fraction of sp³-hybridized carbons (Fsp3) is 0.250. The van der Waals surface area contributed by atoms with Crippen LogP contribution in [0.2, 0.25) is 0 Å². The van der Waals surface area contributed by atoms with Crippen LogP contribution in [0.25, 0.3) is 0 Å². The first kappa shape index (κ1) is 22.5. The number of nitrogens with zero attached hydrogens (tertiary/aromatic N) is 1. The quantitative estimate of drug-likeness (QED) is 0.209. The van der Waals surface area contributed by atoms with Gasteiger partial charge >= 0.3 is 5.97 Å². The number of aliphatic carboxylic acids is 1. The Morgan fingerprint density at radius 2 is 1.30 bits per heavy atom. The van der Waals surface area contributed by atoms with Gasteiger partial charge in [-0.3, -0.25) is 19.3 Å². The van der Waals surface area contributed by atoms with E-state index >= 15 is 0 Å². The van der Waals surface area contributed by atoms with Gasteiger partial charge < -0.3 is 31.3 Å². The van der Waals surface area contributed by atoms with Crippen molar-refractivity contribution in [3.63, 3.8) is 0 Å². The minimum absolute atomic E-state index is 0.111. The fourth-order valence-corrected chi connectivity index (χ4v) is 2.75. The molecule has 2 rings (SSSR count). The number of rotatable bonds is 8. The number of carbonyl (C=O) groups excluding carboxylic acids is 2. The van der Waals surface area contributed by atoms with Crippen molar-refractivity contribution < 1.29 is 39.9 Å². The molecule has 2 aromatic rings. The van der Waals surface area contributed by atoms with Crippen molar-refractivity contribution in [2.24, 2.45) is 5.73 Å². The second-order valence-electron chi connectivity index (χ2n) is 6.55. The molecule has 0 aliphatic rings. The van der Waals surface area contributed by atoms with Gasteiger partial charge in [-0.25, -0.2) is 0 Å². The van der Waals surface area contributed by atoms with E-state index in [1.807, 2.05) is 0 Å². The lowest BCUT2D eigenvalue weighted by molar-refractivity contribution is -0.138. The maximum Gasteiger partial charge on any atom is 0.320 e. The zero-order valence-corrected chi connectivity index (χ0v) is 15.9. The SMILES string of the molecule is N[C@@H](CCCCN(C(=O)c1cccc(O)c1O)C(=O)c1cccc(O)c1O)C(=O)O. The van der Waals surface area contributed by atoms with Crippen LogP contribution in [0.15, 0.2) is 36.4 Å². The first-order chi connectivity index (χ1) is 14.1. The van der Waals surface area contributed by atoms with Gasteiger partial charge in [0.15, 0.2) is 23.0 Å². The number of hydrogen-bond acceptors (Lipinski definition) is 8. The summed E-state index contributed by atoms with van der Waals surface area (Å²) in [5.74, 6) is -5.60. The third-order valence-corrected chi connectivity index (χ3v) is 4.44. The van der Waals surface area contributed by atoms with E-state index in [1.165, 1.54) is 24.3 Å². The first-order valence-corrected chi connectivity index (χ1v) is 9.01. The molecule has 0 aliphatic carbocycles. The van der Waals surface area contributed by atoms with E-state index in [2.05, 4.69) is 0 Å². The van der Waals surface area contributed by atoms with Crippen molar-refractivity contribution in [2.75, 3.05) is 6.54 Å². The summed E-state index contributed by atoms with van der Waals surface area (Å²) in [5, 5.41) is 48.1. The molecule has 0 radical (unpaired) electrons. The molecule has 10 nitrogen and oxygen atoms in total. The summed E-state index contributed by atoms with van der Waals surface area (Å²) in [7, 11) is 0. The van der Waals surface area contributed by atoms with E-state index in [4.69, 9.17) is 10.8 Å². The summed E-state index contributed by atoms with van der Waals surface area (Å²) in [6, 6.07) is 6.26. The fourth-order valence-electron chi connectivity index (χ4n) is 2.75. The predicted molar refractivity (Wildman–Crippen MR) is 104 cm³/mol. The summed E-state index contributed by atoms with van der Waals surface area (Å²) in [5.41, 5.74) is 4.75. The highest BCUT2D eigenvalue weighted by atomic mass is 16.4. The number of unbranched alkanes of at least 4 members (excludes halogenated alkanes) is 1. The molecule has 1 atom stereocenters. The van der Waals surface area contributed by atoms with E-state index in [1.54, 1.807) is 0 Å². The van der Waals surface area contributed by atoms with Crippen LogP contribution in [0.1, 0.15) is 40.0 Å². The zero-order chi connectivity index (χ0) is 22.4. The second kappa shape index (κ2) is 9.61. The monoisotopic (exact) mass is 418 g/mol. The van der Waals surface area contributed by atoms with E-state index < -0.39 is 46.8 Å². The molecule has 7 N–H and O–H groups in total. The summed E-state index contributed by atoms with van der Waals surface area (Å²) < 4.78 is 0. The van der Waals surface area contributed by atoms with Gasteiger partial charge in [-0.15, -0.1) is 0 Å². The first-order valence-electron chi connectivity index (χ1n) is 9.01. The van der Waals surface area contributed by atoms with Crippen molar-refractivity contribution in [3.8, 4) is 23.0 Å². The Labute approximate surface area is 171 Å². The highest BCUT2D eigenvalue weighted by Crippen LogP contribution is 2.32. The van der Waals surface area contributed by atoms with Gasteiger partial charge in [0.25, 0.3) is 11.8 Å². The molecule has 0 fully saturated rings. The summed E-state index contributed by atoms with van der Waals surface area (Å²) in [6.45, 7) is -0.186. The van der Waals surface area contributed by atoms with E-state index in [0.717, 1.165) is 17.0 Å². The number of para-hydroxylation sites is 2. The average Bonchev–Trinajstić information content (AvgIpc) is 2.71. The maximum absolute atomic E-state index is 12.9. The Morgan fingerprint density at radius 1 is 0.833 bits per heavy atom. The van der Waals surface area contributed by atoms with Gasteiger partial charge in [-0.1, -0.05) is 12.1 Å². The highest BCUT2D eigenvalue weighted by molar-refractivity contribution is 6.12. The van der Waals surface area contributed by atoms with Gasteiger partial charge in [0.2, 0.25) is 0 Å². The van der Waals surface area contributed by atoms with Crippen LogP contribution >= 0.6 is 0 Å². The number of hydrogen-bond donors (Lipinski definition) is 6. The molecule has 10 heteroatoms. The number of phenolic OH excluding ortho intramolecular Hbond substituents is 4. The Kier molecular flexibility index (Phi) is 7.21. The van der Waals surface area contributed by atoms with Gasteiger partial charge in [0.1, 0.15) is 6.04 Å². The number of aromatic hydroxyl groups is 4. The standard InChI is InChI=1S/C20H22N2O8/c21-13(20(29)30)7-1-2-10-22(18(27)11-5-3-8-14(23)16(11)25)19(28)12-6-4-9-15(24)17(12)26/h3-6,8-9,13,23-26H,1-2,7,10,21H2,(H,29,30)/t13-/m0/s1. The van der Waals surface area contributed by atoms with Crippen LogP contribution in [0.5, 0.6) is 23.0 Å². The number of amides is 2. The van der Waals surface area contributed by atoms with Crippen molar-refractivity contribution >= 4 is 17.8 Å². The minimum Gasteiger partial charge on any atom is -0.504 e. The molecule has 0 bridgehead atoms. The van der Waals surface area contributed by atoms with Gasteiger partial charge in [-0.05, 0) is 43.5 Å². The van der Waals surface area contributed by atoms with E-state index in [9.17, 15) is 34.8 Å². The van der Waals surface area contributed by atoms with Crippen LogP contribution in [-0.2, 0) is 4.79 Å². The molecule has 0 unspecified atom stereocenters. The molecule has 0 saturated heterocycles. The molecule has 160 valence electrons. The van der Waals surface area contributed by atoms with Gasteiger partial charge in [0, 0.05) is 6.54 Å². The normalized spacial score (nSPS) is 11.6. The van der Waals surface area contributed by atoms with Crippen molar-refractivity contribution in [3.05, 3.63) is 47.5 Å². The Bertz CT molecular complexity index is 896. The molecule has 0 heterocycles. The van der Waals surface area contributed by atoms with Crippen molar-refractivity contribution in [2.45, 2.75) is 25.3 Å². The Hall–Kier alpha value is -3.79.